The molecule has 1 heterocycles. The van der Waals surface area contributed by atoms with Gasteiger partial charge in [0, 0.05) is 10.6 Å². The SMILES string of the molecule is Cc1ccc(C)c(S(=O)CC2CCNCC2)c1. The summed E-state index contributed by atoms with van der Waals surface area (Å²) in [5, 5.41) is 3.35. The van der Waals surface area contributed by atoms with E-state index in [1.807, 2.05) is 0 Å². The first-order chi connectivity index (χ1) is 8.16. The molecule has 0 aromatic heterocycles. The molecule has 0 amide bonds. The van der Waals surface area contributed by atoms with Crippen LogP contribution in [0.25, 0.3) is 0 Å². The fraction of sp³-hybridized carbons (Fsp3) is 0.571. The molecular weight excluding hydrogens is 230 g/mol. The van der Waals surface area contributed by atoms with E-state index in [0.717, 1.165) is 42.1 Å². The van der Waals surface area contributed by atoms with Gasteiger partial charge in [0.15, 0.2) is 0 Å². The Morgan fingerprint density at radius 3 is 2.71 bits per heavy atom. The fourth-order valence-electron chi connectivity index (χ4n) is 2.30. The van der Waals surface area contributed by atoms with Crippen LogP contribution in [0.4, 0.5) is 0 Å². The van der Waals surface area contributed by atoms with E-state index in [1.165, 1.54) is 5.56 Å². The second kappa shape index (κ2) is 5.78. The zero-order valence-corrected chi connectivity index (χ0v) is 11.5. The number of hydrogen-bond acceptors (Lipinski definition) is 2. The summed E-state index contributed by atoms with van der Waals surface area (Å²) >= 11 is 0. The second-order valence-electron chi connectivity index (χ2n) is 4.97. The van der Waals surface area contributed by atoms with Gasteiger partial charge in [-0.25, -0.2) is 0 Å². The van der Waals surface area contributed by atoms with E-state index in [4.69, 9.17) is 0 Å². The van der Waals surface area contributed by atoms with E-state index in [2.05, 4.69) is 37.4 Å². The van der Waals surface area contributed by atoms with Crippen LogP contribution in [0, 0.1) is 19.8 Å². The lowest BCUT2D eigenvalue weighted by molar-refractivity contribution is 0.405. The van der Waals surface area contributed by atoms with Gasteiger partial charge in [0.1, 0.15) is 0 Å². The standard InChI is InChI=1S/C14H21NOS/c1-11-3-4-12(2)14(9-11)17(16)10-13-5-7-15-8-6-13/h3-4,9,13,15H,5-8,10H2,1-2H3. The highest BCUT2D eigenvalue weighted by molar-refractivity contribution is 7.85. The summed E-state index contributed by atoms with van der Waals surface area (Å²) < 4.78 is 12.4. The fourth-order valence-corrected chi connectivity index (χ4v) is 3.99. The van der Waals surface area contributed by atoms with Gasteiger partial charge in [0.05, 0.1) is 10.8 Å². The molecule has 0 bridgehead atoms. The van der Waals surface area contributed by atoms with Crippen molar-refractivity contribution in [3.63, 3.8) is 0 Å². The van der Waals surface area contributed by atoms with Crippen LogP contribution in [0.15, 0.2) is 23.1 Å². The lowest BCUT2D eigenvalue weighted by Gasteiger charge is -2.22. The summed E-state index contributed by atoms with van der Waals surface area (Å²) in [6.07, 6.45) is 2.33. The molecule has 1 aromatic rings. The maximum absolute atomic E-state index is 12.4. The highest BCUT2D eigenvalue weighted by Crippen LogP contribution is 2.20. The zero-order valence-electron chi connectivity index (χ0n) is 10.7. The van der Waals surface area contributed by atoms with Crippen molar-refractivity contribution in [3.8, 4) is 0 Å². The Hall–Kier alpha value is -0.670. The quantitative estimate of drug-likeness (QED) is 0.894. The number of piperidine rings is 1. The van der Waals surface area contributed by atoms with Crippen molar-refractivity contribution in [3.05, 3.63) is 29.3 Å². The van der Waals surface area contributed by atoms with Gasteiger partial charge in [-0.3, -0.25) is 4.21 Å². The van der Waals surface area contributed by atoms with E-state index in [1.54, 1.807) is 0 Å². The molecule has 1 aliphatic heterocycles. The number of hydrogen-bond donors (Lipinski definition) is 1. The van der Waals surface area contributed by atoms with Gasteiger partial charge in [0.2, 0.25) is 0 Å². The van der Waals surface area contributed by atoms with E-state index in [9.17, 15) is 4.21 Å². The molecule has 0 aliphatic carbocycles. The third-order valence-corrected chi connectivity index (χ3v) is 5.14. The van der Waals surface area contributed by atoms with Crippen molar-refractivity contribution in [2.75, 3.05) is 18.8 Å². The van der Waals surface area contributed by atoms with Gasteiger partial charge in [-0.1, -0.05) is 12.1 Å². The maximum atomic E-state index is 12.4. The van der Waals surface area contributed by atoms with Crippen LogP contribution in [0.2, 0.25) is 0 Å². The van der Waals surface area contributed by atoms with Gasteiger partial charge >= 0.3 is 0 Å². The molecule has 17 heavy (non-hydrogen) atoms. The normalized spacial score (nSPS) is 19.2. The van der Waals surface area contributed by atoms with Gasteiger partial charge in [0.25, 0.3) is 0 Å². The molecule has 2 rings (SSSR count). The first kappa shape index (κ1) is 12.8. The molecule has 0 spiro atoms. The minimum absolute atomic E-state index is 0.622. The van der Waals surface area contributed by atoms with Crippen LogP contribution in [0.3, 0.4) is 0 Å². The summed E-state index contributed by atoms with van der Waals surface area (Å²) in [5.74, 6) is 1.45. The van der Waals surface area contributed by atoms with Crippen LogP contribution in [0.1, 0.15) is 24.0 Å². The predicted molar refractivity (Wildman–Crippen MR) is 72.8 cm³/mol. The van der Waals surface area contributed by atoms with Gasteiger partial charge < -0.3 is 5.32 Å². The summed E-state index contributed by atoms with van der Waals surface area (Å²) in [7, 11) is -0.831. The van der Waals surface area contributed by atoms with Crippen molar-refractivity contribution in [2.24, 2.45) is 5.92 Å². The smallest absolute Gasteiger partial charge is 0.0535 e. The molecule has 1 aliphatic rings. The maximum Gasteiger partial charge on any atom is 0.0535 e. The van der Waals surface area contributed by atoms with Crippen LogP contribution in [0.5, 0.6) is 0 Å². The number of nitrogens with one attached hydrogen (secondary N) is 1. The topological polar surface area (TPSA) is 29.1 Å². The minimum atomic E-state index is -0.831. The molecule has 0 radical (unpaired) electrons. The van der Waals surface area contributed by atoms with Gasteiger partial charge in [-0.05, 0) is 62.9 Å². The first-order valence-electron chi connectivity index (χ1n) is 6.33. The van der Waals surface area contributed by atoms with E-state index < -0.39 is 10.8 Å². The van der Waals surface area contributed by atoms with Crippen molar-refractivity contribution < 1.29 is 4.21 Å². The lowest BCUT2D eigenvalue weighted by atomic mass is 10.0. The number of rotatable bonds is 3. The minimum Gasteiger partial charge on any atom is -0.317 e. The Balaban J connectivity index is 2.05. The van der Waals surface area contributed by atoms with Crippen LogP contribution >= 0.6 is 0 Å². The average Bonchev–Trinajstić information content (AvgIpc) is 2.33. The molecule has 0 saturated carbocycles. The molecule has 3 heteroatoms. The Morgan fingerprint density at radius 1 is 1.29 bits per heavy atom. The summed E-state index contributed by atoms with van der Waals surface area (Å²) in [6, 6.07) is 6.23. The van der Waals surface area contributed by atoms with E-state index in [0.29, 0.717) is 5.92 Å². The van der Waals surface area contributed by atoms with Crippen molar-refractivity contribution in [2.45, 2.75) is 31.6 Å². The molecular formula is C14H21NOS. The first-order valence-corrected chi connectivity index (χ1v) is 7.65. The number of benzene rings is 1. The lowest BCUT2D eigenvalue weighted by Crippen LogP contribution is -2.30. The molecule has 94 valence electrons. The van der Waals surface area contributed by atoms with Crippen LogP contribution in [-0.2, 0) is 10.8 Å². The van der Waals surface area contributed by atoms with Gasteiger partial charge in [-0.2, -0.15) is 0 Å². The third kappa shape index (κ3) is 3.39. The van der Waals surface area contributed by atoms with E-state index in [-0.39, 0.29) is 0 Å². The van der Waals surface area contributed by atoms with E-state index >= 15 is 0 Å². The summed E-state index contributed by atoms with van der Waals surface area (Å²) in [4.78, 5) is 1.03. The van der Waals surface area contributed by atoms with Crippen molar-refractivity contribution in [1.82, 2.24) is 5.32 Å². The molecule has 1 saturated heterocycles. The Labute approximate surface area is 106 Å². The highest BCUT2D eigenvalue weighted by atomic mass is 32.2. The summed E-state index contributed by atoms with van der Waals surface area (Å²) in [6.45, 7) is 6.27. The molecule has 2 nitrogen and oxygen atoms in total. The zero-order chi connectivity index (χ0) is 12.3. The molecule has 1 unspecified atom stereocenters. The molecule has 1 fully saturated rings. The van der Waals surface area contributed by atoms with Crippen LogP contribution < -0.4 is 5.32 Å². The molecule has 1 atom stereocenters. The molecule has 1 N–H and O–H groups in total. The predicted octanol–water partition coefficient (Wildman–Crippen LogP) is 2.41. The highest BCUT2D eigenvalue weighted by Gasteiger charge is 2.17. The average molecular weight is 251 g/mol. The Bertz CT molecular complexity index is 411. The van der Waals surface area contributed by atoms with Crippen LogP contribution in [-0.4, -0.2) is 23.1 Å². The van der Waals surface area contributed by atoms with Gasteiger partial charge in [-0.15, -0.1) is 0 Å². The summed E-state index contributed by atoms with van der Waals surface area (Å²) in [5.41, 5.74) is 2.35. The Morgan fingerprint density at radius 2 is 2.00 bits per heavy atom. The number of aryl methyl sites for hydroxylation is 2. The third-order valence-electron chi connectivity index (χ3n) is 3.43. The van der Waals surface area contributed by atoms with Crippen molar-refractivity contribution >= 4 is 10.8 Å². The second-order valence-corrected chi connectivity index (χ2v) is 6.44. The van der Waals surface area contributed by atoms with Crippen molar-refractivity contribution in [1.29, 1.82) is 0 Å². The molecule has 1 aromatic carbocycles. The monoisotopic (exact) mass is 251 g/mol. The largest absolute Gasteiger partial charge is 0.317 e. The Kier molecular flexibility index (Phi) is 4.35.